The molecule has 1 N–H and O–H groups in total. The minimum atomic E-state index is -1.42. The van der Waals surface area contributed by atoms with E-state index in [0.717, 1.165) is 0 Å². The first-order chi connectivity index (χ1) is 9.65. The zero-order valence-corrected chi connectivity index (χ0v) is 13.0. The van der Waals surface area contributed by atoms with Crippen molar-refractivity contribution in [2.45, 2.75) is 52.1 Å². The van der Waals surface area contributed by atoms with Gasteiger partial charge < -0.3 is 24.1 Å². The Hall–Kier alpha value is -1.44. The molecule has 1 rings (SSSR count). The SMILES string of the molecule is COCOC(CC(=O)OC(C)(C)C)C1=C(C)C(=O)OC1O. The number of hydrogen-bond acceptors (Lipinski definition) is 7. The molecule has 0 fully saturated rings. The molecule has 0 saturated carbocycles. The fraction of sp³-hybridized carbons (Fsp3) is 0.714. The maximum Gasteiger partial charge on any atom is 0.336 e. The third kappa shape index (κ3) is 5.11. The minimum Gasteiger partial charge on any atom is -0.460 e. The zero-order chi connectivity index (χ0) is 16.2. The first-order valence-corrected chi connectivity index (χ1v) is 6.57. The first-order valence-electron chi connectivity index (χ1n) is 6.57. The van der Waals surface area contributed by atoms with Gasteiger partial charge in [0.15, 0.2) is 0 Å². The van der Waals surface area contributed by atoms with Crippen LogP contribution >= 0.6 is 0 Å². The van der Waals surface area contributed by atoms with E-state index in [9.17, 15) is 14.7 Å². The van der Waals surface area contributed by atoms with Crippen LogP contribution in [0.1, 0.15) is 34.1 Å². The highest BCUT2D eigenvalue weighted by atomic mass is 16.7. The predicted molar refractivity (Wildman–Crippen MR) is 72.0 cm³/mol. The molecule has 2 unspecified atom stereocenters. The standard InChI is InChI=1S/C14H22O7/c1-8-11(13(17)20-12(8)16)9(19-7-18-5)6-10(15)21-14(2,3)4/h9,13,17H,6-7H2,1-5H3. The number of cyclic esters (lactones) is 1. The Balaban J connectivity index is 2.86. The topological polar surface area (TPSA) is 91.3 Å². The van der Waals surface area contributed by atoms with Crippen molar-refractivity contribution in [3.8, 4) is 0 Å². The summed E-state index contributed by atoms with van der Waals surface area (Å²) in [5.74, 6) is -1.14. The highest BCUT2D eigenvalue weighted by Gasteiger charge is 2.37. The summed E-state index contributed by atoms with van der Waals surface area (Å²) >= 11 is 0. The predicted octanol–water partition coefficient (Wildman–Crippen LogP) is 0.899. The second-order valence-electron chi connectivity index (χ2n) is 5.69. The van der Waals surface area contributed by atoms with Crippen molar-refractivity contribution < 1.29 is 33.6 Å². The summed E-state index contributed by atoms with van der Waals surface area (Å²) in [5.41, 5.74) is -0.178. The molecule has 0 aromatic carbocycles. The van der Waals surface area contributed by atoms with Crippen molar-refractivity contribution in [3.63, 3.8) is 0 Å². The largest absolute Gasteiger partial charge is 0.460 e. The van der Waals surface area contributed by atoms with Gasteiger partial charge in [-0.3, -0.25) is 4.79 Å². The Kier molecular flexibility index (Phi) is 5.88. The lowest BCUT2D eigenvalue weighted by Crippen LogP contribution is -2.31. The summed E-state index contributed by atoms with van der Waals surface area (Å²) in [6, 6.07) is 0. The van der Waals surface area contributed by atoms with Crippen molar-refractivity contribution in [1.82, 2.24) is 0 Å². The molecule has 0 aliphatic carbocycles. The van der Waals surface area contributed by atoms with Gasteiger partial charge in [0.1, 0.15) is 12.4 Å². The number of aliphatic hydroxyl groups is 1. The third-order valence-electron chi connectivity index (χ3n) is 2.73. The van der Waals surface area contributed by atoms with Crippen LogP contribution in [0.25, 0.3) is 0 Å². The van der Waals surface area contributed by atoms with Gasteiger partial charge in [-0.05, 0) is 27.7 Å². The van der Waals surface area contributed by atoms with Gasteiger partial charge >= 0.3 is 11.9 Å². The normalized spacial score (nSPS) is 20.5. The Morgan fingerprint density at radius 1 is 1.43 bits per heavy atom. The summed E-state index contributed by atoms with van der Waals surface area (Å²) in [6.45, 7) is 6.66. The van der Waals surface area contributed by atoms with Crippen LogP contribution in [0.15, 0.2) is 11.1 Å². The van der Waals surface area contributed by atoms with Crippen molar-refractivity contribution in [2.75, 3.05) is 13.9 Å². The third-order valence-corrected chi connectivity index (χ3v) is 2.73. The fourth-order valence-electron chi connectivity index (χ4n) is 1.90. The monoisotopic (exact) mass is 302 g/mol. The highest BCUT2D eigenvalue weighted by molar-refractivity contribution is 5.91. The Labute approximate surface area is 123 Å². The van der Waals surface area contributed by atoms with Gasteiger partial charge in [-0.1, -0.05) is 0 Å². The Bertz CT molecular complexity index is 433. The van der Waals surface area contributed by atoms with Crippen LogP contribution in [0.4, 0.5) is 0 Å². The number of hydrogen-bond donors (Lipinski definition) is 1. The number of esters is 2. The molecule has 120 valence electrons. The Morgan fingerprint density at radius 2 is 2.05 bits per heavy atom. The van der Waals surface area contributed by atoms with E-state index in [1.54, 1.807) is 20.8 Å². The Morgan fingerprint density at radius 3 is 2.48 bits per heavy atom. The second kappa shape index (κ2) is 7.02. The molecule has 1 aliphatic heterocycles. The smallest absolute Gasteiger partial charge is 0.336 e. The molecular weight excluding hydrogens is 280 g/mol. The number of carbonyl (C=O) groups is 2. The van der Waals surface area contributed by atoms with Crippen LogP contribution in [-0.2, 0) is 28.5 Å². The summed E-state index contributed by atoms with van der Waals surface area (Å²) < 4.78 is 20.1. The molecule has 2 atom stereocenters. The first kappa shape index (κ1) is 17.6. The van der Waals surface area contributed by atoms with Crippen LogP contribution in [-0.4, -0.2) is 48.9 Å². The van der Waals surface area contributed by atoms with Gasteiger partial charge in [0, 0.05) is 18.3 Å². The van der Waals surface area contributed by atoms with Crippen LogP contribution in [0.3, 0.4) is 0 Å². The summed E-state index contributed by atoms with van der Waals surface area (Å²) in [7, 11) is 1.43. The lowest BCUT2D eigenvalue weighted by Gasteiger charge is -2.23. The average molecular weight is 302 g/mol. The van der Waals surface area contributed by atoms with Gasteiger partial charge in [0.05, 0.1) is 12.5 Å². The minimum absolute atomic E-state index is 0.0921. The lowest BCUT2D eigenvalue weighted by atomic mass is 10.0. The lowest BCUT2D eigenvalue weighted by molar-refractivity contribution is -0.161. The molecule has 0 aromatic rings. The molecule has 0 amide bonds. The average Bonchev–Trinajstić information content (AvgIpc) is 2.57. The van der Waals surface area contributed by atoms with E-state index < -0.39 is 29.9 Å². The van der Waals surface area contributed by atoms with Crippen molar-refractivity contribution in [2.24, 2.45) is 0 Å². The van der Waals surface area contributed by atoms with E-state index in [-0.39, 0.29) is 24.4 Å². The van der Waals surface area contributed by atoms with E-state index in [2.05, 4.69) is 0 Å². The molecule has 0 aromatic heterocycles. The molecule has 0 bridgehead atoms. The fourth-order valence-corrected chi connectivity index (χ4v) is 1.90. The number of aliphatic hydroxyl groups excluding tert-OH is 1. The molecule has 1 heterocycles. The van der Waals surface area contributed by atoms with Crippen molar-refractivity contribution >= 4 is 11.9 Å². The molecule has 0 radical (unpaired) electrons. The van der Waals surface area contributed by atoms with Gasteiger partial charge in [-0.2, -0.15) is 0 Å². The quantitative estimate of drug-likeness (QED) is 0.575. The number of rotatable bonds is 6. The molecule has 0 spiro atoms. The summed E-state index contributed by atoms with van der Waals surface area (Å²) in [5, 5.41) is 9.77. The molecule has 7 heteroatoms. The van der Waals surface area contributed by atoms with E-state index in [1.165, 1.54) is 14.0 Å². The van der Waals surface area contributed by atoms with Crippen molar-refractivity contribution in [3.05, 3.63) is 11.1 Å². The van der Waals surface area contributed by atoms with E-state index in [4.69, 9.17) is 18.9 Å². The zero-order valence-electron chi connectivity index (χ0n) is 13.0. The molecule has 1 aliphatic rings. The number of ether oxygens (including phenoxy) is 4. The number of carbonyl (C=O) groups excluding carboxylic acids is 2. The van der Waals surface area contributed by atoms with Gasteiger partial charge in [-0.15, -0.1) is 0 Å². The summed E-state index contributed by atoms with van der Waals surface area (Å²) in [6.07, 6.45) is -2.41. The number of methoxy groups -OCH3 is 1. The van der Waals surface area contributed by atoms with Crippen molar-refractivity contribution in [1.29, 1.82) is 0 Å². The molecule has 0 saturated heterocycles. The maximum absolute atomic E-state index is 11.9. The van der Waals surface area contributed by atoms with Crippen LogP contribution < -0.4 is 0 Å². The van der Waals surface area contributed by atoms with E-state index in [0.29, 0.717) is 0 Å². The van der Waals surface area contributed by atoms with Gasteiger partial charge in [0.25, 0.3) is 0 Å². The van der Waals surface area contributed by atoms with Crippen LogP contribution in [0, 0.1) is 0 Å². The van der Waals surface area contributed by atoms with Gasteiger partial charge in [-0.25, -0.2) is 4.79 Å². The molecule has 21 heavy (non-hydrogen) atoms. The van der Waals surface area contributed by atoms with E-state index in [1.807, 2.05) is 0 Å². The van der Waals surface area contributed by atoms with Crippen LogP contribution in [0.2, 0.25) is 0 Å². The summed E-state index contributed by atoms with van der Waals surface area (Å²) in [4.78, 5) is 23.4. The molecule has 7 nitrogen and oxygen atoms in total. The second-order valence-corrected chi connectivity index (χ2v) is 5.69. The maximum atomic E-state index is 11.9. The van der Waals surface area contributed by atoms with Crippen LogP contribution in [0.5, 0.6) is 0 Å². The van der Waals surface area contributed by atoms with E-state index >= 15 is 0 Å². The van der Waals surface area contributed by atoms with Gasteiger partial charge in [0.2, 0.25) is 6.29 Å². The highest BCUT2D eigenvalue weighted by Crippen LogP contribution is 2.28. The molecular formula is C14H22O7.